The third-order valence-electron chi connectivity index (χ3n) is 4.70. The number of ether oxygens (including phenoxy) is 2. The van der Waals surface area contributed by atoms with Crippen LogP contribution >= 0.6 is 23.2 Å². The molecule has 0 aliphatic carbocycles. The summed E-state index contributed by atoms with van der Waals surface area (Å²) in [5.41, 5.74) is 0.831. The van der Waals surface area contributed by atoms with Crippen molar-refractivity contribution >= 4 is 59.2 Å². The zero-order chi connectivity index (χ0) is 33.2. The number of halogens is 8. The summed E-state index contributed by atoms with van der Waals surface area (Å²) in [6.07, 6.45) is -7.72. The summed E-state index contributed by atoms with van der Waals surface area (Å²) in [7, 11) is 3.16. The molecule has 0 bridgehead atoms. The quantitative estimate of drug-likeness (QED) is 0.103. The Bertz CT molecular complexity index is 1610. The number of alkyl halides is 6. The lowest BCUT2D eigenvalue weighted by molar-refractivity contribution is -0.138. The SMILES string of the molecule is CN=C([S-])n1nc(Oc2ncc(C(F)(F)F)cc2Cl)cc1C.CN=C[S-].Cc1cc(Oc2ncc(C(F)(F)F)cc2Cl)n[nH]1. The smallest absolute Gasteiger partial charge is 0.417 e. The molecule has 0 unspecified atom stereocenters. The van der Waals surface area contributed by atoms with Crippen LogP contribution in [0.4, 0.5) is 26.3 Å². The summed E-state index contributed by atoms with van der Waals surface area (Å²) < 4.78 is 86.5. The largest absolute Gasteiger partial charge is 0.768 e. The number of rotatable bonds is 4. The number of aliphatic imine (C=N–C) groups is 2. The van der Waals surface area contributed by atoms with Crippen LogP contribution in [0.25, 0.3) is 0 Å². The van der Waals surface area contributed by atoms with E-state index in [1.54, 1.807) is 27.0 Å². The minimum Gasteiger partial charge on any atom is -0.768 e. The number of nitrogens with one attached hydrogen (secondary N) is 1. The van der Waals surface area contributed by atoms with E-state index >= 15 is 0 Å². The Labute approximate surface area is 267 Å². The van der Waals surface area contributed by atoms with E-state index in [4.69, 9.17) is 45.3 Å². The Kier molecular flexibility index (Phi) is 13.1. The van der Waals surface area contributed by atoms with Gasteiger partial charge in [0, 0.05) is 55.2 Å². The molecule has 0 atom stereocenters. The molecule has 0 aliphatic rings. The Hall–Kier alpha value is -3.74. The Morgan fingerprint density at radius 2 is 1.36 bits per heavy atom. The molecule has 238 valence electrons. The number of hydrogen-bond acceptors (Lipinski definition) is 10. The molecule has 4 heterocycles. The van der Waals surface area contributed by atoms with Gasteiger partial charge in [-0.1, -0.05) is 23.2 Å². The average molecular weight is 702 g/mol. The van der Waals surface area contributed by atoms with Gasteiger partial charge >= 0.3 is 12.4 Å². The topological polar surface area (TPSA) is 115 Å². The normalized spacial score (nSPS) is 11.9. The highest BCUT2D eigenvalue weighted by atomic mass is 35.5. The standard InChI is InChI=1S/C12H10ClF3N4OS.C10H7ClF3N3O.C2H5NS/c1-6-3-9(19-20(6)11(22)17-2)21-10-8(13)4-7(5-18-10)12(14,15)16;1-5-2-8(17-16-5)18-9-7(11)3-6(4-15-9)10(12,13)14;1-3-2-4/h3-5H,1-2H3,(H,17,22);2-4H,1H3,(H,16,17);2H,1H3,(H,3,4)/p-2. The molecule has 0 fully saturated rings. The first-order valence-corrected chi connectivity index (χ1v) is 13.2. The van der Waals surface area contributed by atoms with Gasteiger partial charge in [-0.15, -0.1) is 15.7 Å². The van der Waals surface area contributed by atoms with Crippen molar-refractivity contribution in [3.05, 3.63) is 69.2 Å². The molecule has 0 saturated carbocycles. The number of aromatic amines is 1. The van der Waals surface area contributed by atoms with Crippen molar-refractivity contribution in [1.82, 2.24) is 29.9 Å². The molecule has 0 saturated heterocycles. The van der Waals surface area contributed by atoms with E-state index in [2.05, 4.69) is 47.9 Å². The van der Waals surface area contributed by atoms with Gasteiger partial charge in [-0.25, -0.2) is 14.6 Å². The van der Waals surface area contributed by atoms with Crippen molar-refractivity contribution in [2.45, 2.75) is 26.2 Å². The fourth-order valence-electron chi connectivity index (χ4n) is 2.74. The number of hydrogen-bond donors (Lipinski definition) is 1. The van der Waals surface area contributed by atoms with E-state index in [1.807, 2.05) is 0 Å². The zero-order valence-corrected chi connectivity index (χ0v) is 26.0. The first-order chi connectivity index (χ1) is 20.5. The van der Waals surface area contributed by atoms with Crippen molar-refractivity contribution < 1.29 is 35.8 Å². The fraction of sp³-hybridized carbons (Fsp3) is 0.250. The van der Waals surface area contributed by atoms with E-state index in [0.717, 1.165) is 17.8 Å². The van der Waals surface area contributed by atoms with Gasteiger partial charge in [0.05, 0.1) is 11.1 Å². The predicted molar refractivity (Wildman–Crippen MR) is 157 cm³/mol. The monoisotopic (exact) mass is 700 g/mol. The number of pyridine rings is 2. The van der Waals surface area contributed by atoms with Gasteiger partial charge in [-0.2, -0.15) is 26.3 Å². The van der Waals surface area contributed by atoms with E-state index in [-0.39, 0.29) is 38.7 Å². The number of aryl methyl sites for hydroxylation is 2. The third kappa shape index (κ3) is 10.8. The van der Waals surface area contributed by atoms with Crippen LogP contribution in [0.15, 0.2) is 46.6 Å². The van der Waals surface area contributed by atoms with Crippen molar-refractivity contribution in [1.29, 1.82) is 0 Å². The van der Waals surface area contributed by atoms with E-state index in [9.17, 15) is 26.3 Å². The molecule has 0 aliphatic heterocycles. The van der Waals surface area contributed by atoms with Crippen LogP contribution in [0.1, 0.15) is 22.5 Å². The van der Waals surface area contributed by atoms with Crippen LogP contribution in [-0.4, -0.2) is 54.8 Å². The highest BCUT2D eigenvalue weighted by Gasteiger charge is 2.32. The molecule has 10 nitrogen and oxygen atoms in total. The molecule has 0 spiro atoms. The minimum absolute atomic E-state index is 0.0951. The van der Waals surface area contributed by atoms with Gasteiger partial charge in [-0.05, 0) is 26.0 Å². The van der Waals surface area contributed by atoms with Gasteiger partial charge in [0.2, 0.25) is 23.5 Å². The van der Waals surface area contributed by atoms with Gasteiger partial charge in [0.15, 0.2) is 0 Å². The van der Waals surface area contributed by atoms with E-state index in [0.29, 0.717) is 18.1 Å². The minimum atomic E-state index is -4.53. The second-order valence-electron chi connectivity index (χ2n) is 8.02. The molecule has 4 rings (SSSR count). The highest BCUT2D eigenvalue weighted by molar-refractivity contribution is 7.77. The maximum Gasteiger partial charge on any atom is 0.417 e. The summed E-state index contributed by atoms with van der Waals surface area (Å²) in [6, 6.07) is 4.59. The number of aromatic nitrogens is 6. The summed E-state index contributed by atoms with van der Waals surface area (Å²) in [5, 5.41) is 10.1. The van der Waals surface area contributed by atoms with Crippen LogP contribution in [0.5, 0.6) is 23.5 Å². The van der Waals surface area contributed by atoms with Crippen molar-refractivity contribution in [2.24, 2.45) is 9.98 Å². The summed E-state index contributed by atoms with van der Waals surface area (Å²) in [5.74, 6) is -0.0332. The highest BCUT2D eigenvalue weighted by Crippen LogP contribution is 2.35. The molecular weight excluding hydrogens is 681 g/mol. The molecule has 4 aromatic heterocycles. The van der Waals surface area contributed by atoms with Crippen molar-refractivity contribution in [2.75, 3.05) is 14.1 Å². The predicted octanol–water partition coefficient (Wildman–Crippen LogP) is 7.20. The lowest BCUT2D eigenvalue weighted by Crippen LogP contribution is -2.11. The molecule has 44 heavy (non-hydrogen) atoms. The lowest BCUT2D eigenvalue weighted by atomic mass is 10.3. The van der Waals surface area contributed by atoms with Crippen molar-refractivity contribution in [3.8, 4) is 23.5 Å². The van der Waals surface area contributed by atoms with Gasteiger partial charge in [0.1, 0.15) is 10.0 Å². The van der Waals surface area contributed by atoms with Crippen LogP contribution in [0.2, 0.25) is 10.0 Å². The first kappa shape index (κ1) is 36.5. The fourth-order valence-corrected chi connectivity index (χ4v) is 3.33. The summed E-state index contributed by atoms with van der Waals surface area (Å²) in [6.45, 7) is 3.47. The molecule has 0 radical (unpaired) electrons. The van der Waals surface area contributed by atoms with Gasteiger partial charge in [0.25, 0.3) is 0 Å². The average Bonchev–Trinajstić information content (AvgIpc) is 3.53. The lowest BCUT2D eigenvalue weighted by Gasteiger charge is -2.11. The molecule has 1 N–H and O–H groups in total. The van der Waals surface area contributed by atoms with Crippen molar-refractivity contribution in [3.63, 3.8) is 0 Å². The second kappa shape index (κ2) is 15.8. The second-order valence-corrected chi connectivity index (χ2v) is 9.41. The summed E-state index contributed by atoms with van der Waals surface area (Å²) >= 11 is 20.7. The molecule has 20 heteroatoms. The van der Waals surface area contributed by atoms with Gasteiger partial charge < -0.3 is 39.7 Å². The van der Waals surface area contributed by atoms with Crippen LogP contribution in [-0.2, 0) is 37.6 Å². The Balaban J connectivity index is 0.000000278. The Morgan fingerprint density at radius 3 is 1.73 bits per heavy atom. The van der Waals surface area contributed by atoms with Crippen LogP contribution in [0.3, 0.4) is 0 Å². The number of H-pyrrole nitrogens is 1. The van der Waals surface area contributed by atoms with Crippen LogP contribution in [0, 0.1) is 13.8 Å². The molecule has 0 amide bonds. The van der Waals surface area contributed by atoms with Crippen LogP contribution < -0.4 is 9.47 Å². The maximum absolute atomic E-state index is 12.5. The maximum atomic E-state index is 12.5. The number of nitrogens with zero attached hydrogens (tertiary/aromatic N) is 7. The summed E-state index contributed by atoms with van der Waals surface area (Å²) in [4.78, 5) is 14.3. The van der Waals surface area contributed by atoms with E-state index in [1.165, 1.54) is 23.3 Å². The third-order valence-corrected chi connectivity index (χ3v) is 5.81. The Morgan fingerprint density at radius 1 is 0.886 bits per heavy atom. The van der Waals surface area contributed by atoms with Gasteiger partial charge in [-0.3, -0.25) is 10.1 Å². The first-order valence-electron chi connectivity index (χ1n) is 11.6. The molecule has 4 aromatic rings. The van der Waals surface area contributed by atoms with E-state index < -0.39 is 23.5 Å². The molecule has 0 aromatic carbocycles. The molecular formula is C24H20Cl2F6N8O2S2-2. The zero-order valence-electron chi connectivity index (χ0n) is 22.8.